The molecule has 4 nitrogen and oxygen atoms in total. The average molecular weight is 325 g/mol. The van der Waals surface area contributed by atoms with Gasteiger partial charge in [0.25, 0.3) is 0 Å². The summed E-state index contributed by atoms with van der Waals surface area (Å²) in [7, 11) is 0. The first-order valence-corrected chi connectivity index (χ1v) is 7.00. The van der Waals surface area contributed by atoms with E-state index in [1.165, 1.54) is 6.07 Å². The molecule has 19 heavy (non-hydrogen) atoms. The van der Waals surface area contributed by atoms with Crippen molar-refractivity contribution in [3.05, 3.63) is 34.6 Å². The van der Waals surface area contributed by atoms with Crippen molar-refractivity contribution in [2.75, 3.05) is 18.4 Å². The zero-order valence-corrected chi connectivity index (χ0v) is 11.8. The number of halogens is 2. The molecule has 1 atom stereocenters. The molecule has 0 bridgehead atoms. The topological polar surface area (TPSA) is 52.7 Å². The Balaban J connectivity index is 1.78. The van der Waals surface area contributed by atoms with E-state index in [4.69, 9.17) is 0 Å². The van der Waals surface area contributed by atoms with E-state index in [1.54, 1.807) is 12.1 Å². The van der Waals surface area contributed by atoms with Crippen LogP contribution in [0.2, 0.25) is 0 Å². The first-order valence-electron chi connectivity index (χ1n) is 6.20. The van der Waals surface area contributed by atoms with Gasteiger partial charge in [0.15, 0.2) is 0 Å². The van der Waals surface area contributed by atoms with Crippen LogP contribution in [0.5, 0.6) is 0 Å². The van der Waals surface area contributed by atoms with Gasteiger partial charge >= 0.3 is 0 Å². The molecule has 6 heteroatoms. The lowest BCUT2D eigenvalue weighted by atomic mass is 10.1. The number of H-pyrrole nitrogens is 1. The smallest absolute Gasteiger partial charge is 0.148 e. The summed E-state index contributed by atoms with van der Waals surface area (Å²) in [6.07, 6.45) is 1.10. The summed E-state index contributed by atoms with van der Waals surface area (Å²) in [5, 5.41) is 13.9. The Morgan fingerprint density at radius 2 is 2.26 bits per heavy atom. The summed E-state index contributed by atoms with van der Waals surface area (Å²) in [6.45, 7) is 2.00. The average Bonchev–Trinajstić information content (AvgIpc) is 3.05. The molecule has 2 aromatic rings. The SMILES string of the molecule is Fc1ccc(-c2cc(NC3CCNC3)n[nH]2)cc1Br. The van der Waals surface area contributed by atoms with Crippen LogP contribution in [0.4, 0.5) is 10.2 Å². The monoisotopic (exact) mass is 324 g/mol. The largest absolute Gasteiger partial charge is 0.365 e. The molecule has 3 rings (SSSR count). The Labute approximate surface area is 118 Å². The standard InChI is InChI=1S/C13H14BrFN4/c14-10-5-8(1-2-11(10)15)12-6-13(19-18-12)17-9-3-4-16-7-9/h1-2,5-6,9,16H,3-4,7H2,(H2,17,18,19). The van der Waals surface area contributed by atoms with Crippen molar-refractivity contribution in [1.29, 1.82) is 0 Å². The molecule has 0 saturated carbocycles. The van der Waals surface area contributed by atoms with Gasteiger partial charge in [0.2, 0.25) is 0 Å². The zero-order valence-electron chi connectivity index (χ0n) is 10.2. The van der Waals surface area contributed by atoms with Crippen molar-refractivity contribution in [3.8, 4) is 11.3 Å². The van der Waals surface area contributed by atoms with Crippen LogP contribution in [0, 0.1) is 5.82 Å². The number of nitrogens with one attached hydrogen (secondary N) is 3. The number of nitrogens with zero attached hydrogens (tertiary/aromatic N) is 1. The highest BCUT2D eigenvalue weighted by molar-refractivity contribution is 9.10. The molecule has 1 aliphatic rings. The van der Waals surface area contributed by atoms with Crippen LogP contribution in [0.3, 0.4) is 0 Å². The Hall–Kier alpha value is -1.40. The molecule has 0 amide bonds. The molecule has 1 saturated heterocycles. The molecule has 1 aliphatic heterocycles. The van der Waals surface area contributed by atoms with Crippen LogP contribution in [-0.2, 0) is 0 Å². The van der Waals surface area contributed by atoms with E-state index in [-0.39, 0.29) is 5.82 Å². The molecule has 1 aromatic carbocycles. The number of rotatable bonds is 3. The van der Waals surface area contributed by atoms with Crippen LogP contribution in [0.15, 0.2) is 28.7 Å². The quantitative estimate of drug-likeness (QED) is 0.813. The number of anilines is 1. The highest BCUT2D eigenvalue weighted by Gasteiger charge is 2.15. The lowest BCUT2D eigenvalue weighted by Gasteiger charge is -2.08. The first-order chi connectivity index (χ1) is 9.22. The van der Waals surface area contributed by atoms with E-state index in [1.807, 2.05) is 6.07 Å². The fraction of sp³-hybridized carbons (Fsp3) is 0.308. The third-order valence-corrected chi connectivity index (χ3v) is 3.83. The second-order valence-corrected chi connectivity index (χ2v) is 5.48. The van der Waals surface area contributed by atoms with Crippen molar-refractivity contribution in [3.63, 3.8) is 0 Å². The van der Waals surface area contributed by atoms with Crippen molar-refractivity contribution < 1.29 is 4.39 Å². The highest BCUT2D eigenvalue weighted by Crippen LogP contribution is 2.25. The summed E-state index contributed by atoms with van der Waals surface area (Å²) in [5.74, 6) is 0.558. The van der Waals surface area contributed by atoms with Crippen LogP contribution >= 0.6 is 15.9 Å². The van der Waals surface area contributed by atoms with E-state index in [0.717, 1.165) is 36.6 Å². The third kappa shape index (κ3) is 2.79. The van der Waals surface area contributed by atoms with E-state index in [9.17, 15) is 4.39 Å². The van der Waals surface area contributed by atoms with Gasteiger partial charge in [0.05, 0.1) is 10.2 Å². The predicted octanol–water partition coefficient (Wildman–Crippen LogP) is 2.75. The lowest BCUT2D eigenvalue weighted by Crippen LogP contribution is -2.22. The van der Waals surface area contributed by atoms with Gasteiger partial charge in [-0.3, -0.25) is 5.10 Å². The lowest BCUT2D eigenvalue weighted by molar-refractivity contribution is 0.621. The molecule has 0 radical (unpaired) electrons. The van der Waals surface area contributed by atoms with Crippen LogP contribution in [0.25, 0.3) is 11.3 Å². The maximum absolute atomic E-state index is 13.2. The molecule has 1 aromatic heterocycles. The Kier molecular flexibility index (Phi) is 3.52. The molecule has 2 heterocycles. The number of hydrogen-bond donors (Lipinski definition) is 3. The predicted molar refractivity (Wildman–Crippen MR) is 76.6 cm³/mol. The number of aromatic amines is 1. The second kappa shape index (κ2) is 5.30. The highest BCUT2D eigenvalue weighted by atomic mass is 79.9. The van der Waals surface area contributed by atoms with E-state index >= 15 is 0 Å². The van der Waals surface area contributed by atoms with Gasteiger partial charge in [-0.25, -0.2) is 4.39 Å². The minimum absolute atomic E-state index is 0.265. The summed E-state index contributed by atoms with van der Waals surface area (Å²) in [4.78, 5) is 0. The molecule has 3 N–H and O–H groups in total. The fourth-order valence-electron chi connectivity index (χ4n) is 2.19. The van der Waals surface area contributed by atoms with Crippen molar-refractivity contribution >= 4 is 21.7 Å². The van der Waals surface area contributed by atoms with Gasteiger partial charge < -0.3 is 10.6 Å². The number of aromatic nitrogens is 2. The van der Waals surface area contributed by atoms with E-state index in [2.05, 4.69) is 36.8 Å². The van der Waals surface area contributed by atoms with Crippen LogP contribution in [-0.4, -0.2) is 29.3 Å². The Morgan fingerprint density at radius 1 is 1.37 bits per heavy atom. The van der Waals surface area contributed by atoms with Gasteiger partial charge in [-0.15, -0.1) is 0 Å². The summed E-state index contributed by atoms with van der Waals surface area (Å²) in [5.41, 5.74) is 1.77. The molecule has 100 valence electrons. The number of benzene rings is 1. The zero-order chi connectivity index (χ0) is 13.2. The first kappa shape index (κ1) is 12.6. The molecule has 1 fully saturated rings. The van der Waals surface area contributed by atoms with Crippen molar-refractivity contribution in [1.82, 2.24) is 15.5 Å². The number of hydrogen-bond acceptors (Lipinski definition) is 3. The Bertz CT molecular complexity index is 578. The molecule has 1 unspecified atom stereocenters. The maximum atomic E-state index is 13.2. The maximum Gasteiger partial charge on any atom is 0.148 e. The van der Waals surface area contributed by atoms with Crippen LogP contribution < -0.4 is 10.6 Å². The van der Waals surface area contributed by atoms with Gasteiger partial charge in [0.1, 0.15) is 11.6 Å². The summed E-state index contributed by atoms with van der Waals surface area (Å²) >= 11 is 3.19. The fourth-order valence-corrected chi connectivity index (χ4v) is 2.57. The molecule has 0 spiro atoms. The Morgan fingerprint density at radius 3 is 3.00 bits per heavy atom. The second-order valence-electron chi connectivity index (χ2n) is 4.63. The van der Waals surface area contributed by atoms with Gasteiger partial charge in [-0.2, -0.15) is 5.10 Å². The molecular formula is C13H14BrFN4. The van der Waals surface area contributed by atoms with E-state index < -0.39 is 0 Å². The van der Waals surface area contributed by atoms with Crippen molar-refractivity contribution in [2.24, 2.45) is 0 Å². The van der Waals surface area contributed by atoms with Gasteiger partial charge in [0, 0.05) is 24.2 Å². The molecular weight excluding hydrogens is 311 g/mol. The minimum atomic E-state index is -0.265. The summed E-state index contributed by atoms with van der Waals surface area (Å²) < 4.78 is 13.7. The van der Waals surface area contributed by atoms with E-state index in [0.29, 0.717) is 10.5 Å². The normalized spacial score (nSPS) is 18.7. The minimum Gasteiger partial charge on any atom is -0.365 e. The van der Waals surface area contributed by atoms with Crippen molar-refractivity contribution in [2.45, 2.75) is 12.5 Å². The van der Waals surface area contributed by atoms with Crippen LogP contribution in [0.1, 0.15) is 6.42 Å². The third-order valence-electron chi connectivity index (χ3n) is 3.22. The van der Waals surface area contributed by atoms with Gasteiger partial charge in [-0.1, -0.05) is 0 Å². The molecule has 0 aliphatic carbocycles. The summed E-state index contributed by atoms with van der Waals surface area (Å²) in [6, 6.07) is 7.28. The van der Waals surface area contributed by atoms with Gasteiger partial charge in [-0.05, 0) is 47.1 Å².